The maximum absolute atomic E-state index is 11.9. The van der Waals surface area contributed by atoms with Crippen molar-refractivity contribution in [3.63, 3.8) is 0 Å². The first-order chi connectivity index (χ1) is 15.4. The number of hydrogen-bond donors (Lipinski definition) is 2. The Morgan fingerprint density at radius 2 is 1.84 bits per heavy atom. The average molecular weight is 463 g/mol. The minimum atomic E-state index is -0.322. The van der Waals surface area contributed by atoms with E-state index in [-0.39, 0.29) is 30.5 Å². The van der Waals surface area contributed by atoms with Crippen LogP contribution in [0.3, 0.4) is 0 Å². The highest BCUT2D eigenvalue weighted by molar-refractivity contribution is 6.27. The third-order valence-electron chi connectivity index (χ3n) is 5.29. The van der Waals surface area contributed by atoms with Gasteiger partial charge in [-0.05, 0) is 47.7 Å². The van der Waals surface area contributed by atoms with Gasteiger partial charge in [0, 0.05) is 12.5 Å². The second kappa shape index (κ2) is 10.5. The van der Waals surface area contributed by atoms with Gasteiger partial charge >= 0.3 is 0 Å². The highest BCUT2D eigenvalue weighted by Gasteiger charge is 2.29. The summed E-state index contributed by atoms with van der Waals surface area (Å²) in [5, 5.41) is 5.60. The van der Waals surface area contributed by atoms with Crippen LogP contribution in [-0.2, 0) is 16.0 Å². The number of ether oxygens (including phenoxy) is 4. The van der Waals surface area contributed by atoms with Crippen molar-refractivity contribution < 1.29 is 28.5 Å². The molecule has 0 saturated carbocycles. The van der Waals surface area contributed by atoms with Crippen LogP contribution >= 0.6 is 11.6 Å². The van der Waals surface area contributed by atoms with Crippen molar-refractivity contribution in [2.24, 2.45) is 0 Å². The second-order valence-corrected chi connectivity index (χ2v) is 7.51. The molecule has 0 aromatic heterocycles. The van der Waals surface area contributed by atoms with Crippen LogP contribution in [0.4, 0.5) is 0 Å². The lowest BCUT2D eigenvalue weighted by Crippen LogP contribution is -2.28. The summed E-state index contributed by atoms with van der Waals surface area (Å²) in [6, 6.07) is 7.30. The molecule has 0 unspecified atom stereocenters. The zero-order chi connectivity index (χ0) is 23.3. The summed E-state index contributed by atoms with van der Waals surface area (Å²) in [5.41, 5.74) is 3.68. The molecule has 0 radical (unpaired) electrons. The molecule has 0 aliphatic heterocycles. The fraction of sp³-hybridized carbons (Fsp3) is 0.391. The van der Waals surface area contributed by atoms with Crippen LogP contribution in [0, 0.1) is 0 Å². The highest BCUT2D eigenvalue weighted by Crippen LogP contribution is 2.50. The molecule has 32 heavy (non-hydrogen) atoms. The van der Waals surface area contributed by atoms with Gasteiger partial charge in [0.05, 0.1) is 27.4 Å². The van der Waals surface area contributed by atoms with Crippen molar-refractivity contribution in [3.05, 3.63) is 35.4 Å². The van der Waals surface area contributed by atoms with Gasteiger partial charge in [-0.15, -0.1) is 11.6 Å². The monoisotopic (exact) mass is 462 g/mol. The highest BCUT2D eigenvalue weighted by atomic mass is 35.5. The predicted molar refractivity (Wildman–Crippen MR) is 121 cm³/mol. The number of carbonyl (C=O) groups is 2. The minimum Gasteiger partial charge on any atom is -0.493 e. The molecular formula is C23H27ClN2O6. The van der Waals surface area contributed by atoms with Crippen molar-refractivity contribution in [1.82, 2.24) is 10.6 Å². The maximum Gasteiger partial charge on any atom is 0.237 e. The first kappa shape index (κ1) is 23.5. The number of halogens is 1. The smallest absolute Gasteiger partial charge is 0.237 e. The van der Waals surface area contributed by atoms with Crippen LogP contribution in [0.5, 0.6) is 23.0 Å². The van der Waals surface area contributed by atoms with Gasteiger partial charge in [-0.25, -0.2) is 0 Å². The van der Waals surface area contributed by atoms with Gasteiger partial charge in [-0.3, -0.25) is 9.59 Å². The molecule has 2 aromatic rings. The number of nitrogens with one attached hydrogen (secondary N) is 2. The Balaban J connectivity index is 2.12. The molecule has 9 heteroatoms. The molecule has 172 valence electrons. The lowest BCUT2D eigenvalue weighted by Gasteiger charge is -2.21. The van der Waals surface area contributed by atoms with Crippen LogP contribution < -0.4 is 29.6 Å². The van der Waals surface area contributed by atoms with Gasteiger partial charge in [-0.1, -0.05) is 6.07 Å². The lowest BCUT2D eigenvalue weighted by atomic mass is 9.93. The third-order valence-corrected chi connectivity index (χ3v) is 5.53. The molecule has 1 aliphatic rings. The van der Waals surface area contributed by atoms with Gasteiger partial charge in [0.15, 0.2) is 18.2 Å². The summed E-state index contributed by atoms with van der Waals surface area (Å²) in [5.74, 6) is 1.61. The van der Waals surface area contributed by atoms with E-state index in [9.17, 15) is 9.59 Å². The van der Waals surface area contributed by atoms with E-state index in [2.05, 4.69) is 10.6 Å². The Morgan fingerprint density at radius 1 is 1.09 bits per heavy atom. The topological polar surface area (TPSA) is 95.1 Å². The van der Waals surface area contributed by atoms with Crippen molar-refractivity contribution in [2.45, 2.75) is 25.8 Å². The number of benzene rings is 2. The van der Waals surface area contributed by atoms with E-state index in [1.807, 2.05) is 24.3 Å². The van der Waals surface area contributed by atoms with Crippen molar-refractivity contribution in [2.75, 3.05) is 33.9 Å². The second-order valence-electron chi connectivity index (χ2n) is 7.24. The van der Waals surface area contributed by atoms with E-state index in [0.717, 1.165) is 22.3 Å². The Kier molecular flexibility index (Phi) is 7.69. The van der Waals surface area contributed by atoms with Crippen LogP contribution in [-0.4, -0.2) is 45.8 Å². The van der Waals surface area contributed by atoms with E-state index in [0.29, 0.717) is 35.8 Å². The lowest BCUT2D eigenvalue weighted by molar-refractivity contribution is -0.120. The molecule has 0 fully saturated rings. The zero-order valence-corrected chi connectivity index (χ0v) is 19.3. The molecule has 8 nitrogen and oxygen atoms in total. The van der Waals surface area contributed by atoms with E-state index in [1.54, 1.807) is 21.3 Å². The van der Waals surface area contributed by atoms with Crippen molar-refractivity contribution >= 4 is 23.4 Å². The Morgan fingerprint density at radius 3 is 2.47 bits per heavy atom. The fourth-order valence-electron chi connectivity index (χ4n) is 3.94. The number of alkyl halides is 1. The van der Waals surface area contributed by atoms with Crippen molar-refractivity contribution in [3.8, 4) is 34.1 Å². The SMILES string of the molecule is COc1cc2c(c(OC)c1OC)-c1ccc(OCNC(=O)CCl)cc1[C@@H](NC(C)=O)CC2. The molecule has 2 N–H and O–H groups in total. The number of hydrogen-bond acceptors (Lipinski definition) is 6. The van der Waals surface area contributed by atoms with E-state index in [1.165, 1.54) is 6.92 Å². The molecule has 2 aromatic carbocycles. The summed E-state index contributed by atoms with van der Waals surface area (Å²) >= 11 is 5.50. The van der Waals surface area contributed by atoms with Crippen LogP contribution in [0.1, 0.15) is 30.5 Å². The molecular weight excluding hydrogens is 436 g/mol. The molecule has 2 amide bonds. The molecule has 1 aliphatic carbocycles. The van der Waals surface area contributed by atoms with Gasteiger partial charge in [0.2, 0.25) is 17.6 Å². The summed E-state index contributed by atoms with van der Waals surface area (Å²) in [7, 11) is 4.74. The van der Waals surface area contributed by atoms with Gasteiger partial charge in [0.1, 0.15) is 11.6 Å². The number of amides is 2. The maximum atomic E-state index is 11.9. The first-order valence-corrected chi connectivity index (χ1v) is 10.7. The number of methoxy groups -OCH3 is 3. The van der Waals surface area contributed by atoms with Crippen LogP contribution in [0.2, 0.25) is 0 Å². The largest absolute Gasteiger partial charge is 0.493 e. The van der Waals surface area contributed by atoms with Gasteiger partial charge in [-0.2, -0.15) is 0 Å². The van der Waals surface area contributed by atoms with Crippen molar-refractivity contribution in [1.29, 1.82) is 0 Å². The average Bonchev–Trinajstić information content (AvgIpc) is 2.94. The van der Waals surface area contributed by atoms with E-state index in [4.69, 9.17) is 30.5 Å². The predicted octanol–water partition coefficient (Wildman–Crippen LogP) is 3.19. The van der Waals surface area contributed by atoms with Crippen LogP contribution in [0.15, 0.2) is 24.3 Å². The quantitative estimate of drug-likeness (QED) is 0.462. The molecule has 0 heterocycles. The number of carbonyl (C=O) groups excluding carboxylic acids is 2. The molecule has 0 spiro atoms. The van der Waals surface area contributed by atoms with E-state index >= 15 is 0 Å². The summed E-state index contributed by atoms with van der Waals surface area (Å²) in [6.45, 7) is 1.48. The standard InChI is InChI=1S/C23H27ClN2O6/c1-13(27)26-18-8-5-14-9-19(29-2)22(30-3)23(31-4)21(14)16-7-6-15(10-17(16)18)32-12-25-20(28)11-24/h6-7,9-10,18H,5,8,11-12H2,1-4H3,(H,25,28)(H,26,27)/t18-/m0/s1. The molecule has 0 saturated heterocycles. The number of fused-ring (bicyclic) bond motifs is 3. The summed E-state index contributed by atoms with van der Waals surface area (Å²) in [4.78, 5) is 23.3. The normalized spacial score (nSPS) is 14.3. The Hall–Kier alpha value is -3.13. The third kappa shape index (κ3) is 4.85. The first-order valence-electron chi connectivity index (χ1n) is 10.1. The van der Waals surface area contributed by atoms with Gasteiger partial charge in [0.25, 0.3) is 0 Å². The van der Waals surface area contributed by atoms with Crippen LogP contribution in [0.25, 0.3) is 11.1 Å². The Labute approximate surface area is 192 Å². The number of aryl methyl sites for hydroxylation is 1. The zero-order valence-electron chi connectivity index (χ0n) is 18.5. The Bertz CT molecular complexity index is 1010. The fourth-order valence-corrected chi connectivity index (χ4v) is 4.04. The minimum absolute atomic E-state index is 0.0138. The molecule has 3 rings (SSSR count). The summed E-state index contributed by atoms with van der Waals surface area (Å²) < 4.78 is 22.5. The molecule has 0 bridgehead atoms. The number of rotatable bonds is 8. The summed E-state index contributed by atoms with van der Waals surface area (Å²) in [6.07, 6.45) is 1.36. The molecule has 1 atom stereocenters. The van der Waals surface area contributed by atoms with Gasteiger partial charge < -0.3 is 29.6 Å². The van der Waals surface area contributed by atoms with E-state index < -0.39 is 0 Å².